The first-order valence-electron chi connectivity index (χ1n) is 6.28. The second-order valence-electron chi connectivity index (χ2n) is 5.00. The number of hydrogen-bond acceptors (Lipinski definition) is 3. The number of nitrogens with zero attached hydrogens (tertiary/aromatic N) is 1. The Morgan fingerprint density at radius 3 is 2.71 bits per heavy atom. The van der Waals surface area contributed by atoms with Gasteiger partial charge in [-0.1, -0.05) is 17.7 Å². The van der Waals surface area contributed by atoms with Crippen molar-refractivity contribution in [1.82, 2.24) is 0 Å². The van der Waals surface area contributed by atoms with Gasteiger partial charge in [-0.15, -0.1) is 0 Å². The van der Waals surface area contributed by atoms with Gasteiger partial charge in [-0.25, -0.2) is 0 Å². The van der Waals surface area contributed by atoms with Gasteiger partial charge in [0.2, 0.25) is 0 Å². The van der Waals surface area contributed by atoms with Crippen LogP contribution in [0.2, 0.25) is 0 Å². The van der Waals surface area contributed by atoms with Crippen LogP contribution in [0.25, 0.3) is 0 Å². The molecule has 0 saturated carbocycles. The van der Waals surface area contributed by atoms with E-state index in [2.05, 4.69) is 43.1 Å². The Morgan fingerprint density at radius 2 is 2.12 bits per heavy atom. The van der Waals surface area contributed by atoms with E-state index in [1.807, 2.05) is 0 Å². The first-order chi connectivity index (χ1) is 8.16. The van der Waals surface area contributed by atoms with E-state index in [1.54, 1.807) is 0 Å². The molecular formula is C14H22N2O. The van der Waals surface area contributed by atoms with Crippen LogP contribution in [0.4, 0.5) is 5.69 Å². The van der Waals surface area contributed by atoms with E-state index < -0.39 is 0 Å². The highest BCUT2D eigenvalue weighted by Gasteiger charge is 2.23. The number of likely N-dealkylation sites (N-methyl/N-ethyl adjacent to an activating group) is 1. The van der Waals surface area contributed by atoms with Gasteiger partial charge < -0.3 is 15.4 Å². The molecule has 3 nitrogen and oxygen atoms in total. The van der Waals surface area contributed by atoms with E-state index in [4.69, 9.17) is 10.5 Å². The predicted molar refractivity (Wildman–Crippen MR) is 71.4 cm³/mol. The Bertz CT molecular complexity index is 344. The van der Waals surface area contributed by atoms with Crippen molar-refractivity contribution in [2.75, 3.05) is 31.7 Å². The summed E-state index contributed by atoms with van der Waals surface area (Å²) < 4.78 is 5.38. The van der Waals surface area contributed by atoms with Crippen molar-refractivity contribution in [2.45, 2.75) is 19.4 Å². The van der Waals surface area contributed by atoms with Crippen LogP contribution >= 0.6 is 0 Å². The van der Waals surface area contributed by atoms with Crippen molar-refractivity contribution in [2.24, 2.45) is 11.7 Å². The lowest BCUT2D eigenvalue weighted by Gasteiger charge is -2.26. The fourth-order valence-corrected chi connectivity index (χ4v) is 2.26. The Morgan fingerprint density at radius 1 is 1.41 bits per heavy atom. The molecular weight excluding hydrogens is 212 g/mol. The third kappa shape index (κ3) is 3.20. The first kappa shape index (κ1) is 12.4. The molecule has 1 fully saturated rings. The fraction of sp³-hybridized carbons (Fsp3) is 0.571. The average Bonchev–Trinajstić information content (AvgIpc) is 2.83. The zero-order valence-corrected chi connectivity index (χ0v) is 10.7. The minimum Gasteiger partial charge on any atom is -0.381 e. The maximum atomic E-state index is 6.23. The molecule has 3 heteroatoms. The van der Waals surface area contributed by atoms with Gasteiger partial charge in [0.25, 0.3) is 0 Å². The Balaban J connectivity index is 1.91. The van der Waals surface area contributed by atoms with Crippen LogP contribution in [0.15, 0.2) is 24.3 Å². The molecule has 0 radical (unpaired) electrons. The number of nitrogens with two attached hydrogens (primary N) is 1. The molecule has 0 aliphatic carbocycles. The van der Waals surface area contributed by atoms with E-state index in [1.165, 1.54) is 11.3 Å². The molecule has 1 aliphatic heterocycles. The predicted octanol–water partition coefficient (Wildman–Crippen LogP) is 1.80. The number of ether oxygens (including phenoxy) is 1. The van der Waals surface area contributed by atoms with Crippen molar-refractivity contribution in [3.05, 3.63) is 29.8 Å². The normalized spacial score (nSPS) is 21.5. The zero-order valence-electron chi connectivity index (χ0n) is 10.7. The fourth-order valence-electron chi connectivity index (χ4n) is 2.26. The Kier molecular flexibility index (Phi) is 4.02. The third-order valence-electron chi connectivity index (χ3n) is 3.53. The molecule has 1 aromatic carbocycles. The van der Waals surface area contributed by atoms with E-state index in [0.29, 0.717) is 5.92 Å². The van der Waals surface area contributed by atoms with Crippen molar-refractivity contribution in [1.29, 1.82) is 0 Å². The van der Waals surface area contributed by atoms with Crippen molar-refractivity contribution < 1.29 is 4.74 Å². The van der Waals surface area contributed by atoms with Crippen molar-refractivity contribution >= 4 is 5.69 Å². The summed E-state index contributed by atoms with van der Waals surface area (Å²) in [7, 11) is 2.10. The van der Waals surface area contributed by atoms with Gasteiger partial charge in [-0.2, -0.15) is 0 Å². The van der Waals surface area contributed by atoms with Crippen LogP contribution in [0.5, 0.6) is 0 Å². The number of anilines is 1. The van der Waals surface area contributed by atoms with Gasteiger partial charge in [0.15, 0.2) is 0 Å². The summed E-state index contributed by atoms with van der Waals surface area (Å²) in [6.45, 7) is 4.68. The maximum Gasteiger partial charge on any atom is 0.0510 e. The van der Waals surface area contributed by atoms with Gasteiger partial charge in [-0.05, 0) is 25.5 Å². The van der Waals surface area contributed by atoms with Crippen LogP contribution in [-0.4, -0.2) is 32.8 Å². The molecule has 0 aromatic heterocycles. The number of rotatable bonds is 4. The molecule has 2 N–H and O–H groups in total. The van der Waals surface area contributed by atoms with E-state index in [9.17, 15) is 0 Å². The number of benzene rings is 1. The standard InChI is InChI=1S/C14H22N2O/c1-11-3-5-13(6-4-11)16(2)9-14(15)12-7-8-17-10-12/h3-6,12,14H,7-10,15H2,1-2H3. The average molecular weight is 234 g/mol. The van der Waals surface area contributed by atoms with Gasteiger partial charge in [-0.3, -0.25) is 0 Å². The molecule has 2 atom stereocenters. The van der Waals surface area contributed by atoms with Crippen molar-refractivity contribution in [3.8, 4) is 0 Å². The highest BCUT2D eigenvalue weighted by atomic mass is 16.5. The largest absolute Gasteiger partial charge is 0.381 e. The van der Waals surface area contributed by atoms with Crippen LogP contribution in [0, 0.1) is 12.8 Å². The van der Waals surface area contributed by atoms with Crippen LogP contribution in [0.3, 0.4) is 0 Å². The van der Waals surface area contributed by atoms with E-state index >= 15 is 0 Å². The molecule has 1 heterocycles. The van der Waals surface area contributed by atoms with E-state index in [-0.39, 0.29) is 6.04 Å². The van der Waals surface area contributed by atoms with Gasteiger partial charge in [0.1, 0.15) is 0 Å². The van der Waals surface area contributed by atoms with E-state index in [0.717, 1.165) is 26.2 Å². The highest BCUT2D eigenvalue weighted by molar-refractivity contribution is 5.46. The number of hydrogen-bond donors (Lipinski definition) is 1. The second-order valence-corrected chi connectivity index (χ2v) is 5.00. The molecule has 94 valence electrons. The minimum absolute atomic E-state index is 0.198. The van der Waals surface area contributed by atoms with Gasteiger partial charge in [0, 0.05) is 37.8 Å². The topological polar surface area (TPSA) is 38.5 Å². The summed E-state index contributed by atoms with van der Waals surface area (Å²) in [6.07, 6.45) is 1.10. The molecule has 17 heavy (non-hydrogen) atoms. The summed E-state index contributed by atoms with van der Waals surface area (Å²) >= 11 is 0. The molecule has 0 amide bonds. The summed E-state index contributed by atoms with van der Waals surface area (Å²) in [6, 6.07) is 8.76. The molecule has 1 aromatic rings. The molecule has 2 rings (SSSR count). The Hall–Kier alpha value is -1.06. The lowest BCUT2D eigenvalue weighted by molar-refractivity contribution is 0.181. The lowest BCUT2D eigenvalue weighted by Crippen LogP contribution is -2.41. The van der Waals surface area contributed by atoms with Crippen LogP contribution in [0.1, 0.15) is 12.0 Å². The third-order valence-corrected chi connectivity index (χ3v) is 3.53. The number of aryl methyl sites for hydroxylation is 1. The summed E-state index contributed by atoms with van der Waals surface area (Å²) in [4.78, 5) is 2.22. The minimum atomic E-state index is 0.198. The molecule has 1 saturated heterocycles. The smallest absolute Gasteiger partial charge is 0.0510 e. The summed E-state index contributed by atoms with van der Waals surface area (Å²) in [5, 5.41) is 0. The molecule has 2 unspecified atom stereocenters. The SMILES string of the molecule is Cc1ccc(N(C)CC(N)C2CCOC2)cc1. The Labute approximate surface area is 104 Å². The molecule has 0 bridgehead atoms. The second kappa shape index (κ2) is 5.52. The van der Waals surface area contributed by atoms with Crippen molar-refractivity contribution in [3.63, 3.8) is 0 Å². The monoisotopic (exact) mass is 234 g/mol. The van der Waals surface area contributed by atoms with Gasteiger partial charge >= 0.3 is 0 Å². The van der Waals surface area contributed by atoms with Crippen LogP contribution < -0.4 is 10.6 Å². The van der Waals surface area contributed by atoms with Crippen LogP contribution in [-0.2, 0) is 4.74 Å². The summed E-state index contributed by atoms with van der Waals surface area (Å²) in [5.41, 5.74) is 8.74. The lowest BCUT2D eigenvalue weighted by atomic mass is 9.99. The zero-order chi connectivity index (χ0) is 12.3. The first-order valence-corrected chi connectivity index (χ1v) is 6.28. The summed E-state index contributed by atoms with van der Waals surface area (Å²) in [5.74, 6) is 0.517. The molecule has 0 spiro atoms. The maximum absolute atomic E-state index is 6.23. The highest BCUT2D eigenvalue weighted by Crippen LogP contribution is 2.18. The molecule has 1 aliphatic rings. The quantitative estimate of drug-likeness (QED) is 0.863. The van der Waals surface area contributed by atoms with Gasteiger partial charge in [0.05, 0.1) is 6.61 Å².